The van der Waals surface area contributed by atoms with Gasteiger partial charge in [0.15, 0.2) is 5.78 Å². The molecule has 1 heterocycles. The van der Waals surface area contributed by atoms with E-state index in [1.54, 1.807) is 0 Å². The summed E-state index contributed by atoms with van der Waals surface area (Å²) in [6.45, 7) is 2.03. The van der Waals surface area contributed by atoms with Crippen LogP contribution in [-0.2, 0) is 9.53 Å². The molecule has 1 saturated heterocycles. The van der Waals surface area contributed by atoms with E-state index in [2.05, 4.69) is 15.9 Å². The highest BCUT2D eigenvalue weighted by Gasteiger charge is 2.46. The van der Waals surface area contributed by atoms with Crippen molar-refractivity contribution in [2.24, 2.45) is 0 Å². The molecule has 1 atom stereocenters. The van der Waals surface area contributed by atoms with Crippen molar-refractivity contribution in [2.45, 2.75) is 11.4 Å². The lowest BCUT2D eigenvalue weighted by Gasteiger charge is -1.89. The quantitative estimate of drug-likeness (QED) is 0.422. The number of ether oxygens (including phenoxy) is 1. The summed E-state index contributed by atoms with van der Waals surface area (Å²) in [5.41, 5.74) is 0. The van der Waals surface area contributed by atoms with E-state index in [0.29, 0.717) is 6.61 Å². The number of ketones is 1. The summed E-state index contributed by atoms with van der Waals surface area (Å²) in [4.78, 5) is 10.4. The minimum absolute atomic E-state index is 0.0486. The van der Waals surface area contributed by atoms with Gasteiger partial charge in [-0.25, -0.2) is 0 Å². The van der Waals surface area contributed by atoms with Crippen molar-refractivity contribution < 1.29 is 9.53 Å². The number of halogens is 1. The van der Waals surface area contributed by atoms with Crippen LogP contribution in [0.15, 0.2) is 0 Å². The fourth-order valence-electron chi connectivity index (χ4n) is 0.267. The Labute approximate surface area is 50.0 Å². The number of hydrogen-bond donors (Lipinski definition) is 0. The Bertz CT molecular complexity index is 106. The Kier molecular flexibility index (Phi) is 0.970. The molecule has 0 bridgehead atoms. The molecule has 7 heavy (non-hydrogen) atoms. The molecule has 0 aliphatic carbocycles. The number of Topliss-reactive ketones (excluding diaryl/α,β-unsaturated/α-hetero) is 1. The van der Waals surface area contributed by atoms with Crippen LogP contribution < -0.4 is 0 Å². The van der Waals surface area contributed by atoms with E-state index in [-0.39, 0.29) is 5.78 Å². The lowest BCUT2D eigenvalue weighted by Crippen LogP contribution is -2.10. The first-order valence-corrected chi connectivity index (χ1v) is 2.78. The van der Waals surface area contributed by atoms with Gasteiger partial charge in [0.1, 0.15) is 0 Å². The predicted octanol–water partition coefficient (Wildman–Crippen LogP) is 0.697. The highest BCUT2D eigenvalue weighted by molar-refractivity contribution is 9.10. The van der Waals surface area contributed by atoms with Crippen LogP contribution in [0.3, 0.4) is 0 Å². The molecule has 0 spiro atoms. The molecule has 3 heteroatoms. The zero-order chi connectivity index (χ0) is 5.49. The number of rotatable bonds is 1. The molecule has 1 rings (SSSR count). The van der Waals surface area contributed by atoms with Crippen molar-refractivity contribution >= 4 is 21.7 Å². The summed E-state index contributed by atoms with van der Waals surface area (Å²) in [6.07, 6.45) is 0. The predicted molar refractivity (Wildman–Crippen MR) is 28.3 cm³/mol. The molecule has 0 aromatic rings. The third-order valence-electron chi connectivity index (χ3n) is 0.924. The van der Waals surface area contributed by atoms with Crippen molar-refractivity contribution in [3.8, 4) is 0 Å². The number of carbonyl (C=O) groups excluding carboxylic acids is 1. The molecular formula is C4H5BrO2. The molecule has 1 aliphatic heterocycles. The Balaban J connectivity index is 2.55. The largest absolute Gasteiger partial charge is 0.350 e. The summed E-state index contributed by atoms with van der Waals surface area (Å²) in [5.74, 6) is 0.0486. The minimum Gasteiger partial charge on any atom is -0.350 e. The zero-order valence-electron chi connectivity index (χ0n) is 3.90. The summed E-state index contributed by atoms with van der Waals surface area (Å²) in [6, 6.07) is 0. The molecule has 2 nitrogen and oxygen atoms in total. The second-order valence-electron chi connectivity index (χ2n) is 1.57. The number of epoxide rings is 1. The summed E-state index contributed by atoms with van der Waals surface area (Å²) in [7, 11) is 0. The van der Waals surface area contributed by atoms with Crippen LogP contribution in [0.2, 0.25) is 0 Å². The maximum atomic E-state index is 10.4. The van der Waals surface area contributed by atoms with E-state index in [0.717, 1.165) is 0 Å². The van der Waals surface area contributed by atoms with Gasteiger partial charge in [0.05, 0.1) is 6.61 Å². The molecule has 0 saturated carbocycles. The molecule has 1 fully saturated rings. The molecule has 40 valence electrons. The lowest BCUT2D eigenvalue weighted by atomic mass is 10.3. The fourth-order valence-corrected chi connectivity index (χ4v) is 0.381. The van der Waals surface area contributed by atoms with Gasteiger partial charge in [-0.15, -0.1) is 0 Å². The number of carbonyl (C=O) groups is 1. The molecule has 0 amide bonds. The van der Waals surface area contributed by atoms with Crippen LogP contribution in [0.4, 0.5) is 0 Å². The molecule has 0 N–H and O–H groups in total. The van der Waals surface area contributed by atoms with Gasteiger partial charge in [0.2, 0.25) is 4.51 Å². The zero-order valence-corrected chi connectivity index (χ0v) is 5.49. The number of hydrogen-bond acceptors (Lipinski definition) is 2. The van der Waals surface area contributed by atoms with E-state index in [4.69, 9.17) is 4.74 Å². The molecule has 0 aromatic heterocycles. The Morgan fingerprint density at radius 1 is 2.00 bits per heavy atom. The topological polar surface area (TPSA) is 29.6 Å². The van der Waals surface area contributed by atoms with Gasteiger partial charge in [0, 0.05) is 0 Å². The van der Waals surface area contributed by atoms with Crippen LogP contribution >= 0.6 is 15.9 Å². The van der Waals surface area contributed by atoms with Crippen LogP contribution in [0.1, 0.15) is 6.92 Å². The van der Waals surface area contributed by atoms with Crippen molar-refractivity contribution in [3.05, 3.63) is 0 Å². The van der Waals surface area contributed by atoms with Gasteiger partial charge in [-0.3, -0.25) is 4.79 Å². The first kappa shape index (κ1) is 5.25. The molecular weight excluding hydrogens is 160 g/mol. The molecule has 0 radical (unpaired) electrons. The normalized spacial score (nSPS) is 38.0. The highest BCUT2D eigenvalue weighted by Crippen LogP contribution is 2.34. The van der Waals surface area contributed by atoms with Gasteiger partial charge in [0.25, 0.3) is 0 Å². The van der Waals surface area contributed by atoms with Gasteiger partial charge in [-0.2, -0.15) is 0 Å². The van der Waals surface area contributed by atoms with Gasteiger partial charge in [-0.1, -0.05) is 0 Å². The van der Waals surface area contributed by atoms with Crippen molar-refractivity contribution in [3.63, 3.8) is 0 Å². The Morgan fingerprint density at radius 2 is 2.43 bits per heavy atom. The average Bonchev–Trinajstić information content (AvgIpc) is 2.21. The van der Waals surface area contributed by atoms with E-state index in [9.17, 15) is 4.79 Å². The Hall–Kier alpha value is 0.110. The second kappa shape index (κ2) is 1.29. The maximum absolute atomic E-state index is 10.4. The van der Waals surface area contributed by atoms with Crippen LogP contribution in [-0.4, -0.2) is 16.9 Å². The minimum atomic E-state index is -0.576. The molecule has 1 aliphatic rings. The van der Waals surface area contributed by atoms with Crippen LogP contribution in [0, 0.1) is 0 Å². The van der Waals surface area contributed by atoms with E-state index in [1.165, 1.54) is 6.92 Å². The maximum Gasteiger partial charge on any atom is 0.204 e. The smallest absolute Gasteiger partial charge is 0.204 e. The first-order chi connectivity index (χ1) is 3.15. The standard InChI is InChI=1S/C4H5BrO2/c1-3(6)4(5)2-7-4/h2H2,1H3. The number of alkyl halides is 1. The summed E-state index contributed by atoms with van der Waals surface area (Å²) < 4.78 is 4.15. The Morgan fingerprint density at radius 3 is 2.43 bits per heavy atom. The monoisotopic (exact) mass is 164 g/mol. The SMILES string of the molecule is CC(=O)C1(Br)CO1. The third kappa shape index (κ3) is 0.836. The van der Waals surface area contributed by atoms with Gasteiger partial charge >= 0.3 is 0 Å². The van der Waals surface area contributed by atoms with E-state index < -0.39 is 4.51 Å². The molecule has 1 unspecified atom stereocenters. The summed E-state index contributed by atoms with van der Waals surface area (Å²) in [5, 5.41) is 0. The highest BCUT2D eigenvalue weighted by atomic mass is 79.9. The third-order valence-corrected chi connectivity index (χ3v) is 1.94. The van der Waals surface area contributed by atoms with Crippen LogP contribution in [0.5, 0.6) is 0 Å². The van der Waals surface area contributed by atoms with Crippen LogP contribution in [0.25, 0.3) is 0 Å². The first-order valence-electron chi connectivity index (χ1n) is 1.99. The van der Waals surface area contributed by atoms with Crippen molar-refractivity contribution in [2.75, 3.05) is 6.61 Å². The summed E-state index contributed by atoms with van der Waals surface area (Å²) >= 11 is 3.08. The average molecular weight is 165 g/mol. The fraction of sp³-hybridized carbons (Fsp3) is 0.750. The van der Waals surface area contributed by atoms with E-state index >= 15 is 0 Å². The molecule has 0 aromatic carbocycles. The second-order valence-corrected chi connectivity index (χ2v) is 2.85. The van der Waals surface area contributed by atoms with Crippen molar-refractivity contribution in [1.29, 1.82) is 0 Å². The lowest BCUT2D eigenvalue weighted by molar-refractivity contribution is -0.118. The van der Waals surface area contributed by atoms with Gasteiger partial charge < -0.3 is 4.74 Å². The van der Waals surface area contributed by atoms with E-state index in [1.807, 2.05) is 0 Å². The van der Waals surface area contributed by atoms with Gasteiger partial charge in [-0.05, 0) is 22.9 Å². The van der Waals surface area contributed by atoms with Crippen molar-refractivity contribution in [1.82, 2.24) is 0 Å².